The molecule has 144 valence electrons. The maximum absolute atomic E-state index is 12.7. The highest BCUT2D eigenvalue weighted by Gasteiger charge is 2.29. The van der Waals surface area contributed by atoms with E-state index in [0.717, 1.165) is 0 Å². The van der Waals surface area contributed by atoms with Crippen molar-refractivity contribution in [3.8, 4) is 0 Å². The highest BCUT2D eigenvalue weighted by Crippen LogP contribution is 2.18. The van der Waals surface area contributed by atoms with Crippen molar-refractivity contribution in [2.24, 2.45) is 12.8 Å². The third kappa shape index (κ3) is 4.20. The van der Waals surface area contributed by atoms with Gasteiger partial charge >= 0.3 is 0 Å². The summed E-state index contributed by atoms with van der Waals surface area (Å²) in [6.07, 6.45) is 2.68. The van der Waals surface area contributed by atoms with Crippen LogP contribution in [0.15, 0.2) is 47.5 Å². The zero-order chi connectivity index (χ0) is 19.6. The number of aryl methyl sites for hydroxylation is 1. The first-order chi connectivity index (χ1) is 12.8. The lowest BCUT2D eigenvalue weighted by Crippen LogP contribution is -2.49. The van der Waals surface area contributed by atoms with Gasteiger partial charge < -0.3 is 15.2 Å². The first kappa shape index (κ1) is 19.1. The predicted molar refractivity (Wildman–Crippen MR) is 99.6 cm³/mol. The number of aromatic nitrogens is 1. The van der Waals surface area contributed by atoms with Crippen LogP contribution in [0.2, 0.25) is 0 Å². The molecule has 9 heteroatoms. The van der Waals surface area contributed by atoms with E-state index in [-0.39, 0.29) is 16.5 Å². The molecule has 1 fully saturated rings. The lowest BCUT2D eigenvalue weighted by atomic mass is 10.1. The maximum atomic E-state index is 12.7. The molecule has 1 aromatic carbocycles. The lowest BCUT2D eigenvalue weighted by molar-refractivity contribution is 0.0703. The average Bonchev–Trinajstić information content (AvgIpc) is 3.05. The molecule has 0 saturated carbocycles. The number of nitrogens with two attached hydrogens (primary N) is 1. The summed E-state index contributed by atoms with van der Waals surface area (Å²) in [6.45, 7) is 0.881. The normalized spacial score (nSPS) is 17.7. The Morgan fingerprint density at radius 3 is 2.56 bits per heavy atom. The fourth-order valence-electron chi connectivity index (χ4n) is 3.23. The molecule has 0 aliphatic carbocycles. The van der Waals surface area contributed by atoms with Crippen molar-refractivity contribution in [2.75, 3.05) is 13.1 Å². The number of hydrogen-bond acceptors (Lipinski definition) is 4. The fourth-order valence-corrected chi connectivity index (χ4v) is 4.57. The van der Waals surface area contributed by atoms with Gasteiger partial charge in [-0.25, -0.2) is 13.1 Å². The van der Waals surface area contributed by atoms with Crippen LogP contribution in [0, 0.1) is 0 Å². The molecule has 1 unspecified atom stereocenters. The molecule has 1 atom stereocenters. The Morgan fingerprint density at radius 1 is 1.22 bits per heavy atom. The Hall–Kier alpha value is -2.65. The Bertz CT molecular complexity index is 953. The summed E-state index contributed by atoms with van der Waals surface area (Å²) in [5.41, 5.74) is 5.93. The summed E-state index contributed by atoms with van der Waals surface area (Å²) in [4.78, 5) is 25.6. The van der Waals surface area contributed by atoms with Crippen molar-refractivity contribution in [1.82, 2.24) is 14.2 Å². The topological polar surface area (TPSA) is 114 Å². The number of carbonyl (C=O) groups excluding carboxylic acids is 2. The Labute approximate surface area is 158 Å². The van der Waals surface area contributed by atoms with Crippen molar-refractivity contribution in [3.63, 3.8) is 0 Å². The molecular weight excluding hydrogens is 368 g/mol. The molecule has 0 radical (unpaired) electrons. The van der Waals surface area contributed by atoms with E-state index in [0.29, 0.717) is 31.5 Å². The van der Waals surface area contributed by atoms with Crippen LogP contribution in [0.25, 0.3) is 0 Å². The summed E-state index contributed by atoms with van der Waals surface area (Å²) < 4.78 is 29.3. The van der Waals surface area contributed by atoms with E-state index < -0.39 is 22.0 Å². The molecule has 0 bridgehead atoms. The average molecular weight is 390 g/mol. The standard InChI is InChI=1S/C18H22N4O4S/c1-21-12-15(10-16(21)17(19)23)27(25,26)20-14-8-5-9-22(11-14)18(24)13-6-3-2-4-7-13/h2-4,6-7,10,12,14,20H,5,8-9,11H2,1H3,(H2,19,23). The van der Waals surface area contributed by atoms with Crippen LogP contribution in [-0.4, -0.2) is 48.8 Å². The quantitative estimate of drug-likeness (QED) is 0.782. The molecule has 1 aromatic heterocycles. The number of hydrogen-bond donors (Lipinski definition) is 2. The zero-order valence-corrected chi connectivity index (χ0v) is 15.8. The maximum Gasteiger partial charge on any atom is 0.265 e. The minimum Gasteiger partial charge on any atom is -0.364 e. The fraction of sp³-hybridized carbons (Fsp3) is 0.333. The molecule has 1 aliphatic heterocycles. The Balaban J connectivity index is 1.72. The van der Waals surface area contributed by atoms with Gasteiger partial charge in [0.2, 0.25) is 10.0 Å². The first-order valence-corrected chi connectivity index (χ1v) is 10.1. The van der Waals surface area contributed by atoms with E-state index >= 15 is 0 Å². The van der Waals surface area contributed by atoms with Crippen LogP contribution in [0.1, 0.15) is 33.7 Å². The van der Waals surface area contributed by atoms with Crippen molar-refractivity contribution < 1.29 is 18.0 Å². The predicted octanol–water partition coefficient (Wildman–Crippen LogP) is 0.707. The van der Waals surface area contributed by atoms with Crippen LogP contribution < -0.4 is 10.5 Å². The van der Waals surface area contributed by atoms with Crippen LogP contribution in [0.4, 0.5) is 0 Å². The number of primary amides is 1. The largest absolute Gasteiger partial charge is 0.364 e. The van der Waals surface area contributed by atoms with Crippen molar-refractivity contribution >= 4 is 21.8 Å². The molecule has 27 heavy (non-hydrogen) atoms. The number of carbonyl (C=O) groups is 2. The minimum absolute atomic E-state index is 0.0229. The summed E-state index contributed by atoms with van der Waals surface area (Å²) >= 11 is 0. The monoisotopic (exact) mass is 390 g/mol. The second-order valence-corrected chi connectivity index (χ2v) is 8.33. The van der Waals surface area contributed by atoms with E-state index in [1.165, 1.54) is 16.8 Å². The van der Waals surface area contributed by atoms with Crippen molar-refractivity contribution in [1.29, 1.82) is 0 Å². The van der Waals surface area contributed by atoms with E-state index in [1.807, 2.05) is 6.07 Å². The number of nitrogens with one attached hydrogen (secondary N) is 1. The molecule has 1 aliphatic rings. The molecule has 8 nitrogen and oxygen atoms in total. The number of piperidine rings is 1. The van der Waals surface area contributed by atoms with E-state index in [9.17, 15) is 18.0 Å². The van der Waals surface area contributed by atoms with E-state index in [1.54, 1.807) is 36.2 Å². The zero-order valence-electron chi connectivity index (χ0n) is 15.0. The molecular formula is C18H22N4O4S. The molecule has 3 rings (SSSR count). The molecule has 2 aromatic rings. The highest BCUT2D eigenvalue weighted by atomic mass is 32.2. The third-order valence-electron chi connectivity index (χ3n) is 4.59. The second-order valence-electron chi connectivity index (χ2n) is 6.61. The first-order valence-electron chi connectivity index (χ1n) is 8.61. The lowest BCUT2D eigenvalue weighted by Gasteiger charge is -2.33. The number of likely N-dealkylation sites (tertiary alicyclic amines) is 1. The van der Waals surface area contributed by atoms with Gasteiger partial charge in [0.25, 0.3) is 11.8 Å². The number of nitrogens with zero attached hydrogens (tertiary/aromatic N) is 2. The van der Waals surface area contributed by atoms with Crippen LogP contribution >= 0.6 is 0 Å². The van der Waals surface area contributed by atoms with Gasteiger partial charge in [0, 0.05) is 37.9 Å². The number of amides is 2. The molecule has 2 amide bonds. The van der Waals surface area contributed by atoms with Crippen LogP contribution in [0.3, 0.4) is 0 Å². The Kier molecular flexibility index (Phi) is 5.33. The number of rotatable bonds is 5. The molecule has 2 heterocycles. The van der Waals surface area contributed by atoms with Crippen molar-refractivity contribution in [3.05, 3.63) is 53.9 Å². The Morgan fingerprint density at radius 2 is 1.93 bits per heavy atom. The second kappa shape index (κ2) is 7.53. The van der Waals surface area contributed by atoms with Crippen LogP contribution in [0.5, 0.6) is 0 Å². The van der Waals surface area contributed by atoms with Crippen molar-refractivity contribution in [2.45, 2.75) is 23.8 Å². The smallest absolute Gasteiger partial charge is 0.265 e. The molecule has 0 spiro atoms. The summed E-state index contributed by atoms with van der Waals surface area (Å²) in [7, 11) is -2.27. The summed E-state index contributed by atoms with van der Waals surface area (Å²) in [6, 6.07) is 9.77. The SMILES string of the molecule is Cn1cc(S(=O)(=O)NC2CCCN(C(=O)c3ccccc3)C2)cc1C(N)=O. The third-order valence-corrected chi connectivity index (χ3v) is 6.08. The minimum atomic E-state index is -3.83. The number of sulfonamides is 1. The van der Waals surface area contributed by atoms with Crippen LogP contribution in [-0.2, 0) is 17.1 Å². The highest BCUT2D eigenvalue weighted by molar-refractivity contribution is 7.89. The molecule has 1 saturated heterocycles. The van der Waals surface area contributed by atoms with E-state index in [4.69, 9.17) is 5.73 Å². The van der Waals surface area contributed by atoms with Gasteiger partial charge in [-0.15, -0.1) is 0 Å². The van der Waals surface area contributed by atoms with Gasteiger partial charge in [-0.1, -0.05) is 18.2 Å². The van der Waals surface area contributed by atoms with Gasteiger partial charge in [0.05, 0.1) is 0 Å². The van der Waals surface area contributed by atoms with Gasteiger partial charge in [-0.2, -0.15) is 0 Å². The van der Waals surface area contributed by atoms with Gasteiger partial charge in [-0.3, -0.25) is 9.59 Å². The molecule has 3 N–H and O–H groups in total. The number of benzene rings is 1. The van der Waals surface area contributed by atoms with E-state index in [2.05, 4.69) is 4.72 Å². The summed E-state index contributed by atoms with van der Waals surface area (Å²) in [5, 5.41) is 0. The summed E-state index contributed by atoms with van der Waals surface area (Å²) in [5.74, 6) is -0.813. The van der Waals surface area contributed by atoms with Gasteiger partial charge in [-0.05, 0) is 31.0 Å². The van der Waals surface area contributed by atoms with Gasteiger partial charge in [0.1, 0.15) is 10.6 Å². The van der Waals surface area contributed by atoms with Gasteiger partial charge in [0.15, 0.2) is 0 Å².